The van der Waals surface area contributed by atoms with Gasteiger partial charge in [0.15, 0.2) is 0 Å². The van der Waals surface area contributed by atoms with Crippen LogP contribution < -0.4 is 10.6 Å². The van der Waals surface area contributed by atoms with Gasteiger partial charge in [-0.15, -0.1) is 0 Å². The summed E-state index contributed by atoms with van der Waals surface area (Å²) in [6.45, 7) is 4.56. The number of aryl methyl sites for hydroxylation is 1. The van der Waals surface area contributed by atoms with Crippen LogP contribution >= 0.6 is 0 Å². The Morgan fingerprint density at radius 1 is 1.28 bits per heavy atom. The molecule has 1 aromatic rings. The third-order valence-corrected chi connectivity index (χ3v) is 3.32. The Balaban J connectivity index is 3.29. The summed E-state index contributed by atoms with van der Waals surface area (Å²) in [6, 6.07) is 2.92. The fourth-order valence-electron chi connectivity index (χ4n) is 2.04. The molecule has 0 aromatic carbocycles. The van der Waals surface area contributed by atoms with E-state index in [4.69, 9.17) is 0 Å². The molecule has 1 amide bonds. The van der Waals surface area contributed by atoms with E-state index in [0.717, 1.165) is 0 Å². The molecule has 2 N–H and O–H groups in total. The van der Waals surface area contributed by atoms with Crippen molar-refractivity contribution in [3.05, 3.63) is 23.9 Å². The van der Waals surface area contributed by atoms with Crippen molar-refractivity contribution in [2.24, 2.45) is 0 Å². The molecule has 1 heterocycles. The molecule has 1 aromatic heterocycles. The fourth-order valence-corrected chi connectivity index (χ4v) is 2.04. The standard InChI is InChI=1S/C16H22F3N3O3/c1-4-6-7-13(23)22-15(16(17,18)19,14(24)25-5-2)21-12-10-11(3)8-9-20-12/h8-10H,4-7H2,1-3H3,(H,20,21)(H,22,23)/t15-/m0/s1. The maximum Gasteiger partial charge on any atom is 0.441 e. The number of nitrogens with one attached hydrogen (secondary N) is 2. The Labute approximate surface area is 144 Å². The van der Waals surface area contributed by atoms with Crippen molar-refractivity contribution >= 4 is 17.7 Å². The van der Waals surface area contributed by atoms with Gasteiger partial charge in [-0.05, 0) is 38.0 Å². The number of amides is 1. The number of rotatable bonds is 8. The minimum absolute atomic E-state index is 0.142. The topological polar surface area (TPSA) is 80.3 Å². The third kappa shape index (κ3) is 5.33. The van der Waals surface area contributed by atoms with Gasteiger partial charge in [0.05, 0.1) is 6.61 Å². The highest BCUT2D eigenvalue weighted by atomic mass is 19.4. The molecule has 0 fully saturated rings. The van der Waals surface area contributed by atoms with Crippen molar-refractivity contribution in [1.29, 1.82) is 0 Å². The maximum atomic E-state index is 13.8. The molecule has 0 unspecified atom stereocenters. The van der Waals surface area contributed by atoms with Crippen LogP contribution in [0, 0.1) is 6.92 Å². The van der Waals surface area contributed by atoms with E-state index >= 15 is 0 Å². The van der Waals surface area contributed by atoms with E-state index in [1.165, 1.54) is 19.2 Å². The summed E-state index contributed by atoms with van der Waals surface area (Å²) in [4.78, 5) is 27.9. The van der Waals surface area contributed by atoms with E-state index in [-0.39, 0.29) is 18.8 Å². The average Bonchev–Trinajstić information content (AvgIpc) is 2.51. The highest BCUT2D eigenvalue weighted by Crippen LogP contribution is 2.33. The first kappa shape index (κ1) is 20.7. The van der Waals surface area contributed by atoms with E-state index in [1.807, 2.05) is 5.32 Å². The van der Waals surface area contributed by atoms with Crippen LogP contribution in [-0.2, 0) is 14.3 Å². The number of unbranched alkanes of at least 4 members (excludes halogenated alkanes) is 1. The zero-order chi connectivity index (χ0) is 19.1. The predicted molar refractivity (Wildman–Crippen MR) is 85.7 cm³/mol. The molecular weight excluding hydrogens is 339 g/mol. The first-order chi connectivity index (χ1) is 11.7. The molecule has 0 aliphatic rings. The summed E-state index contributed by atoms with van der Waals surface area (Å²) in [5, 5.41) is 3.79. The van der Waals surface area contributed by atoms with E-state index in [2.05, 4.69) is 9.72 Å². The fraction of sp³-hybridized carbons (Fsp3) is 0.562. The largest absolute Gasteiger partial charge is 0.463 e. The third-order valence-electron chi connectivity index (χ3n) is 3.32. The Bertz CT molecular complexity index is 608. The number of alkyl halides is 3. The monoisotopic (exact) mass is 361 g/mol. The van der Waals surface area contributed by atoms with E-state index < -0.39 is 23.7 Å². The van der Waals surface area contributed by atoms with Crippen LogP contribution in [0.1, 0.15) is 38.7 Å². The first-order valence-electron chi connectivity index (χ1n) is 7.92. The number of pyridine rings is 1. The van der Waals surface area contributed by atoms with Gasteiger partial charge >= 0.3 is 17.8 Å². The number of esters is 1. The van der Waals surface area contributed by atoms with Gasteiger partial charge in [0.1, 0.15) is 5.82 Å². The molecule has 140 valence electrons. The van der Waals surface area contributed by atoms with Crippen LogP contribution in [0.15, 0.2) is 18.3 Å². The quantitative estimate of drug-likeness (QED) is 0.550. The zero-order valence-electron chi connectivity index (χ0n) is 14.4. The molecule has 6 nitrogen and oxygen atoms in total. The number of hydrogen-bond acceptors (Lipinski definition) is 5. The minimum atomic E-state index is -5.15. The number of anilines is 1. The number of hydrogen-bond donors (Lipinski definition) is 2. The van der Waals surface area contributed by atoms with Crippen LogP contribution in [0.4, 0.5) is 19.0 Å². The molecule has 0 saturated heterocycles. The lowest BCUT2D eigenvalue weighted by molar-refractivity contribution is -0.208. The molecule has 1 atom stereocenters. The number of nitrogens with zero attached hydrogens (tertiary/aromatic N) is 1. The van der Waals surface area contributed by atoms with Gasteiger partial charge < -0.3 is 15.4 Å². The zero-order valence-corrected chi connectivity index (χ0v) is 14.4. The van der Waals surface area contributed by atoms with Crippen LogP contribution in [0.2, 0.25) is 0 Å². The highest BCUT2D eigenvalue weighted by molar-refractivity contribution is 5.91. The van der Waals surface area contributed by atoms with Crippen molar-refractivity contribution in [3.63, 3.8) is 0 Å². The normalized spacial score (nSPS) is 13.7. The second-order valence-electron chi connectivity index (χ2n) is 5.46. The SMILES string of the molecule is CCCCC(=O)N[C@@](Nc1cc(C)ccn1)(C(=O)OCC)C(F)(F)F. The van der Waals surface area contributed by atoms with Crippen LogP contribution in [-0.4, -0.2) is 35.3 Å². The van der Waals surface area contributed by atoms with Gasteiger partial charge in [0.25, 0.3) is 0 Å². The Morgan fingerprint density at radius 3 is 2.48 bits per heavy atom. The summed E-state index contributed by atoms with van der Waals surface area (Å²) >= 11 is 0. The van der Waals surface area contributed by atoms with Gasteiger partial charge in [0, 0.05) is 12.6 Å². The van der Waals surface area contributed by atoms with E-state index in [9.17, 15) is 22.8 Å². The average molecular weight is 361 g/mol. The lowest BCUT2D eigenvalue weighted by Crippen LogP contribution is -2.69. The predicted octanol–water partition coefficient (Wildman–Crippen LogP) is 2.93. The van der Waals surface area contributed by atoms with E-state index in [1.54, 1.807) is 25.2 Å². The summed E-state index contributed by atoms with van der Waals surface area (Å²) in [5.74, 6) is -2.76. The summed E-state index contributed by atoms with van der Waals surface area (Å²) in [5.41, 5.74) is -2.77. The van der Waals surface area contributed by atoms with Crippen LogP contribution in [0.3, 0.4) is 0 Å². The van der Waals surface area contributed by atoms with Gasteiger partial charge in [-0.1, -0.05) is 13.3 Å². The Hall–Kier alpha value is -2.32. The molecule has 0 saturated carbocycles. The molecule has 0 spiro atoms. The van der Waals surface area contributed by atoms with Gasteiger partial charge in [-0.2, -0.15) is 13.2 Å². The van der Waals surface area contributed by atoms with Crippen molar-refractivity contribution < 1.29 is 27.5 Å². The second-order valence-corrected chi connectivity index (χ2v) is 5.46. The number of aromatic nitrogens is 1. The number of carbonyl (C=O) groups excluding carboxylic acids is 2. The lowest BCUT2D eigenvalue weighted by Gasteiger charge is -2.35. The van der Waals surface area contributed by atoms with Crippen LogP contribution in [0.5, 0.6) is 0 Å². The summed E-state index contributed by atoms with van der Waals surface area (Å²) in [7, 11) is 0. The Morgan fingerprint density at radius 2 is 1.96 bits per heavy atom. The van der Waals surface area contributed by atoms with Crippen molar-refractivity contribution in [2.75, 3.05) is 11.9 Å². The summed E-state index contributed by atoms with van der Waals surface area (Å²) < 4.78 is 46.0. The van der Waals surface area contributed by atoms with Gasteiger partial charge in [-0.25, -0.2) is 9.78 Å². The number of halogens is 3. The van der Waals surface area contributed by atoms with E-state index in [0.29, 0.717) is 18.4 Å². The van der Waals surface area contributed by atoms with Crippen LogP contribution in [0.25, 0.3) is 0 Å². The smallest absolute Gasteiger partial charge is 0.441 e. The second kappa shape index (κ2) is 8.68. The lowest BCUT2D eigenvalue weighted by atomic mass is 10.1. The number of ether oxygens (including phenoxy) is 1. The molecule has 0 radical (unpaired) electrons. The Kier molecular flexibility index (Phi) is 7.20. The molecule has 0 bridgehead atoms. The molecule has 9 heteroatoms. The molecular formula is C16H22F3N3O3. The van der Waals surface area contributed by atoms with Crippen molar-refractivity contribution in [3.8, 4) is 0 Å². The number of carbonyl (C=O) groups is 2. The molecule has 0 aliphatic carbocycles. The summed E-state index contributed by atoms with van der Waals surface area (Å²) in [6.07, 6.45) is -2.98. The van der Waals surface area contributed by atoms with Gasteiger partial charge in [-0.3, -0.25) is 4.79 Å². The maximum absolute atomic E-state index is 13.8. The minimum Gasteiger partial charge on any atom is -0.463 e. The molecule has 0 aliphatic heterocycles. The van der Waals surface area contributed by atoms with Gasteiger partial charge in [0.2, 0.25) is 5.91 Å². The van der Waals surface area contributed by atoms with Crippen molar-refractivity contribution in [2.45, 2.75) is 51.9 Å². The first-order valence-corrected chi connectivity index (χ1v) is 7.92. The molecule has 1 rings (SSSR count). The van der Waals surface area contributed by atoms with Crippen molar-refractivity contribution in [1.82, 2.24) is 10.3 Å². The molecule has 25 heavy (non-hydrogen) atoms. The highest BCUT2D eigenvalue weighted by Gasteiger charge is 2.63.